The Hall–Kier alpha value is -3.20. The highest BCUT2D eigenvalue weighted by Gasteiger charge is 2.27. The highest BCUT2D eigenvalue weighted by molar-refractivity contribution is 5.93. The summed E-state index contributed by atoms with van der Waals surface area (Å²) < 4.78 is 47.0. The average Bonchev–Trinajstić information content (AvgIpc) is 3.11. The van der Waals surface area contributed by atoms with Gasteiger partial charge in [-0.15, -0.1) is 5.10 Å². The van der Waals surface area contributed by atoms with Crippen LogP contribution in [0.15, 0.2) is 42.5 Å². The van der Waals surface area contributed by atoms with E-state index in [2.05, 4.69) is 15.6 Å². The molecule has 0 radical (unpaired) electrons. The molecule has 0 aliphatic carbocycles. The summed E-state index contributed by atoms with van der Waals surface area (Å²) in [6, 6.07) is 9.10. The van der Waals surface area contributed by atoms with Crippen LogP contribution in [-0.2, 0) is 24.4 Å². The molecule has 2 heterocycles. The minimum Gasteiger partial charge on any atom is -0.365 e. The Morgan fingerprint density at radius 1 is 1.14 bits per heavy atom. The van der Waals surface area contributed by atoms with E-state index in [1.54, 1.807) is 16.8 Å². The molecule has 0 saturated carbocycles. The normalized spacial score (nSPS) is 15.9. The minimum atomic E-state index is -0.740. The molecule has 144 valence electrons. The molecule has 1 aliphatic rings. The van der Waals surface area contributed by atoms with Crippen molar-refractivity contribution in [3.63, 3.8) is 0 Å². The van der Waals surface area contributed by atoms with Crippen LogP contribution in [0.1, 0.15) is 33.4 Å². The van der Waals surface area contributed by atoms with Crippen molar-refractivity contribution < 1.29 is 22.7 Å². The van der Waals surface area contributed by atoms with E-state index in [9.17, 15) is 18.0 Å². The number of aromatic nitrogens is 3. The van der Waals surface area contributed by atoms with Crippen molar-refractivity contribution in [1.82, 2.24) is 20.3 Å². The Bertz CT molecular complexity index is 1020. The first kappa shape index (κ1) is 18.2. The zero-order chi connectivity index (χ0) is 19.7. The summed E-state index contributed by atoms with van der Waals surface area (Å²) in [7, 11) is 0. The van der Waals surface area contributed by atoms with Gasteiger partial charge in [0, 0.05) is 18.2 Å². The molecule has 0 bridgehead atoms. The van der Waals surface area contributed by atoms with Crippen LogP contribution in [0.4, 0.5) is 13.2 Å². The monoisotopic (exact) mass is 388 g/mol. The quantitative estimate of drug-likeness (QED) is 0.746. The van der Waals surface area contributed by atoms with Crippen molar-refractivity contribution in [2.24, 2.45) is 0 Å². The van der Waals surface area contributed by atoms with Crippen LogP contribution in [0.5, 0.6) is 0 Å². The first-order valence-corrected chi connectivity index (χ1v) is 8.53. The summed E-state index contributed by atoms with van der Waals surface area (Å²) in [5.74, 6) is -2.30. The van der Waals surface area contributed by atoms with Gasteiger partial charge < -0.3 is 10.1 Å². The lowest BCUT2D eigenvalue weighted by molar-refractivity contribution is -0.00180. The van der Waals surface area contributed by atoms with Crippen molar-refractivity contribution in [1.29, 1.82) is 0 Å². The Morgan fingerprint density at radius 3 is 2.64 bits per heavy atom. The number of fused-ring (bicyclic) bond motifs is 1. The molecule has 1 N–H and O–H groups in total. The molecule has 0 fully saturated rings. The van der Waals surface area contributed by atoms with Crippen LogP contribution >= 0.6 is 0 Å². The van der Waals surface area contributed by atoms with E-state index in [1.807, 2.05) is 0 Å². The van der Waals surface area contributed by atoms with Gasteiger partial charge in [-0.05, 0) is 23.8 Å². The first-order chi connectivity index (χ1) is 13.5. The molecule has 2 aromatic carbocycles. The van der Waals surface area contributed by atoms with E-state index < -0.39 is 17.5 Å². The Kier molecular flexibility index (Phi) is 4.82. The lowest BCUT2D eigenvalue weighted by atomic mass is 10.1. The number of carbonyl (C=O) groups is 1. The molecule has 1 atom stereocenters. The largest absolute Gasteiger partial charge is 0.365 e. The molecule has 0 saturated heterocycles. The number of benzene rings is 2. The molecule has 1 aliphatic heterocycles. The predicted molar refractivity (Wildman–Crippen MR) is 91.5 cm³/mol. The number of hydrogen-bond donors (Lipinski definition) is 1. The predicted octanol–water partition coefficient (Wildman–Crippen LogP) is 2.90. The number of hydrogen-bond acceptors (Lipinski definition) is 4. The second-order valence-electron chi connectivity index (χ2n) is 6.34. The molecular weight excluding hydrogens is 373 g/mol. The van der Waals surface area contributed by atoms with Crippen LogP contribution in [0.25, 0.3) is 0 Å². The van der Waals surface area contributed by atoms with Crippen LogP contribution in [-0.4, -0.2) is 20.9 Å². The topological polar surface area (TPSA) is 69.0 Å². The zero-order valence-electron chi connectivity index (χ0n) is 14.5. The van der Waals surface area contributed by atoms with Gasteiger partial charge in [0.15, 0.2) is 5.69 Å². The number of amides is 1. The molecule has 1 aromatic heterocycles. The van der Waals surface area contributed by atoms with Gasteiger partial charge in [-0.2, -0.15) is 0 Å². The highest BCUT2D eigenvalue weighted by atomic mass is 19.1. The van der Waals surface area contributed by atoms with Crippen molar-refractivity contribution in [3.05, 3.63) is 82.4 Å². The van der Waals surface area contributed by atoms with Gasteiger partial charge in [-0.3, -0.25) is 4.79 Å². The molecule has 3 aromatic rings. The fourth-order valence-electron chi connectivity index (χ4n) is 2.99. The Balaban J connectivity index is 1.45. The fourth-order valence-corrected chi connectivity index (χ4v) is 2.99. The SMILES string of the molecule is O=C(NCc1ccc(F)cc1F)c1nnn2c1COC(c1ccc(F)cc1)C2. The molecule has 1 amide bonds. The van der Waals surface area contributed by atoms with Gasteiger partial charge in [-0.25, -0.2) is 17.9 Å². The van der Waals surface area contributed by atoms with E-state index in [0.29, 0.717) is 12.2 Å². The minimum absolute atomic E-state index is 0.0834. The molecule has 0 spiro atoms. The molecule has 6 nitrogen and oxygen atoms in total. The van der Waals surface area contributed by atoms with Gasteiger partial charge in [0.25, 0.3) is 5.91 Å². The Morgan fingerprint density at radius 2 is 1.89 bits per heavy atom. The van der Waals surface area contributed by atoms with E-state index in [4.69, 9.17) is 4.74 Å². The van der Waals surface area contributed by atoms with Crippen LogP contribution in [0.3, 0.4) is 0 Å². The summed E-state index contributed by atoms with van der Waals surface area (Å²) >= 11 is 0. The van der Waals surface area contributed by atoms with Crippen molar-refractivity contribution in [3.8, 4) is 0 Å². The lowest BCUT2D eigenvalue weighted by Gasteiger charge is -2.24. The molecule has 9 heteroatoms. The lowest BCUT2D eigenvalue weighted by Crippen LogP contribution is -2.27. The number of nitrogens with zero attached hydrogens (tertiary/aromatic N) is 3. The summed E-state index contributed by atoms with van der Waals surface area (Å²) in [5.41, 5.74) is 1.53. The molecular formula is C19H15F3N4O2. The van der Waals surface area contributed by atoms with Gasteiger partial charge in [0.2, 0.25) is 0 Å². The van der Waals surface area contributed by atoms with E-state index >= 15 is 0 Å². The van der Waals surface area contributed by atoms with Gasteiger partial charge in [0.1, 0.15) is 23.6 Å². The number of carbonyl (C=O) groups excluding carboxylic acids is 1. The van der Waals surface area contributed by atoms with Gasteiger partial charge in [-0.1, -0.05) is 23.4 Å². The first-order valence-electron chi connectivity index (χ1n) is 8.53. The average molecular weight is 388 g/mol. The molecule has 1 unspecified atom stereocenters. The highest BCUT2D eigenvalue weighted by Crippen LogP contribution is 2.27. The fraction of sp³-hybridized carbons (Fsp3) is 0.211. The van der Waals surface area contributed by atoms with E-state index in [1.165, 1.54) is 18.2 Å². The van der Waals surface area contributed by atoms with Crippen molar-refractivity contribution in [2.45, 2.75) is 25.8 Å². The third kappa shape index (κ3) is 3.61. The molecule has 28 heavy (non-hydrogen) atoms. The zero-order valence-corrected chi connectivity index (χ0v) is 14.5. The maximum atomic E-state index is 13.7. The standard InChI is InChI=1S/C19H15F3N4O2/c20-13-4-1-11(2-5-13)17-9-26-16(10-28-17)18(24-25-26)19(27)23-8-12-3-6-14(21)7-15(12)22/h1-7,17H,8-10H2,(H,23,27). The van der Waals surface area contributed by atoms with Crippen LogP contribution < -0.4 is 5.32 Å². The molecule has 4 rings (SSSR count). The number of halogens is 3. The third-order valence-corrected chi connectivity index (χ3v) is 4.51. The Labute approximate surface area is 157 Å². The van der Waals surface area contributed by atoms with Crippen molar-refractivity contribution in [2.75, 3.05) is 0 Å². The van der Waals surface area contributed by atoms with Crippen molar-refractivity contribution >= 4 is 5.91 Å². The third-order valence-electron chi connectivity index (χ3n) is 4.51. The summed E-state index contributed by atoms with van der Waals surface area (Å²) in [5, 5.41) is 10.4. The number of rotatable bonds is 4. The second kappa shape index (κ2) is 7.43. The van der Waals surface area contributed by atoms with Crippen LogP contribution in [0.2, 0.25) is 0 Å². The summed E-state index contributed by atoms with van der Waals surface area (Å²) in [6.07, 6.45) is -0.334. The maximum absolute atomic E-state index is 13.7. The van der Waals surface area contributed by atoms with E-state index in [-0.39, 0.29) is 36.3 Å². The summed E-state index contributed by atoms with van der Waals surface area (Å²) in [4.78, 5) is 12.4. The number of nitrogens with one attached hydrogen (secondary N) is 1. The van der Waals surface area contributed by atoms with E-state index in [0.717, 1.165) is 17.7 Å². The van der Waals surface area contributed by atoms with Gasteiger partial charge >= 0.3 is 0 Å². The van der Waals surface area contributed by atoms with Gasteiger partial charge in [0.05, 0.1) is 18.8 Å². The maximum Gasteiger partial charge on any atom is 0.274 e. The smallest absolute Gasteiger partial charge is 0.274 e. The number of ether oxygens (including phenoxy) is 1. The second-order valence-corrected chi connectivity index (χ2v) is 6.34. The summed E-state index contributed by atoms with van der Waals surface area (Å²) in [6.45, 7) is 0.312. The van der Waals surface area contributed by atoms with Crippen LogP contribution in [0, 0.1) is 17.5 Å².